The molecule has 238 valence electrons. The number of carbonyl (C=O) groups is 2. The summed E-state index contributed by atoms with van der Waals surface area (Å²) in [6.45, 7) is 8.32. The van der Waals surface area contributed by atoms with Crippen LogP contribution in [-0.4, -0.2) is 64.9 Å². The topological polar surface area (TPSA) is 85.7 Å². The van der Waals surface area contributed by atoms with Gasteiger partial charge in [0.2, 0.25) is 5.91 Å². The molecule has 2 heterocycles. The van der Waals surface area contributed by atoms with E-state index in [4.69, 9.17) is 14.5 Å². The van der Waals surface area contributed by atoms with Gasteiger partial charge in [0.15, 0.2) is 0 Å². The number of amides is 2. The highest BCUT2D eigenvalue weighted by Crippen LogP contribution is 2.30. The van der Waals surface area contributed by atoms with Crippen LogP contribution in [0.5, 0.6) is 0 Å². The number of methoxy groups -OCH3 is 1. The van der Waals surface area contributed by atoms with Gasteiger partial charge >= 0.3 is 6.09 Å². The minimum Gasteiger partial charge on any atom is -0.444 e. The Morgan fingerprint density at radius 2 is 1.69 bits per heavy atom. The number of likely N-dealkylation sites (tertiary alicyclic amines) is 1. The van der Waals surface area contributed by atoms with Gasteiger partial charge in [-0.25, -0.2) is 9.78 Å². The first kappa shape index (κ1) is 32.2. The Morgan fingerprint density at radius 1 is 0.978 bits per heavy atom. The number of nitrogens with zero attached hydrogens (tertiary/aromatic N) is 3. The number of aryl methyl sites for hydroxylation is 1. The quantitative estimate of drug-likeness (QED) is 0.185. The fourth-order valence-electron chi connectivity index (χ4n) is 6.16. The van der Waals surface area contributed by atoms with E-state index in [9.17, 15) is 9.59 Å². The van der Waals surface area contributed by atoms with Crippen LogP contribution in [-0.2, 0) is 27.2 Å². The molecule has 1 aliphatic rings. The number of carbonyl (C=O) groups excluding carboxylic acids is 2. The Balaban J connectivity index is 1.30. The number of nitrogens with one attached hydrogen (secondary N) is 1. The van der Waals surface area contributed by atoms with Crippen LogP contribution in [0.25, 0.3) is 22.2 Å². The third kappa shape index (κ3) is 8.72. The molecule has 5 rings (SSSR count). The maximum Gasteiger partial charge on any atom is 0.407 e. The Kier molecular flexibility index (Phi) is 10.6. The Morgan fingerprint density at radius 3 is 2.42 bits per heavy atom. The average Bonchev–Trinajstić information content (AvgIpc) is 3.39. The molecule has 3 aromatic carbocycles. The number of benzene rings is 3. The van der Waals surface area contributed by atoms with Crippen molar-refractivity contribution in [3.8, 4) is 11.1 Å². The molecule has 1 aromatic heterocycles. The summed E-state index contributed by atoms with van der Waals surface area (Å²) in [5, 5.41) is 3.00. The number of imidazole rings is 1. The Bertz CT molecular complexity index is 1560. The fraction of sp³-hybridized carbons (Fsp3) is 0.432. The third-order valence-corrected chi connectivity index (χ3v) is 8.24. The minimum atomic E-state index is -0.634. The van der Waals surface area contributed by atoms with Gasteiger partial charge in [-0.1, -0.05) is 66.7 Å². The SMILES string of the molecule is COCCCn1c([C@@H]2CCCN(C(=O)C[C@@H](Cc3ccc(-c4ccccc4)cc3)NC(=O)OC(C)(C)C)C2)nc2ccccc21. The molecule has 0 spiro atoms. The van der Waals surface area contributed by atoms with Crippen molar-refractivity contribution in [2.24, 2.45) is 0 Å². The van der Waals surface area contributed by atoms with Crippen molar-refractivity contribution < 1.29 is 19.1 Å². The van der Waals surface area contributed by atoms with E-state index in [-0.39, 0.29) is 18.2 Å². The number of aromatic nitrogens is 2. The lowest BCUT2D eigenvalue weighted by Gasteiger charge is -2.34. The molecule has 45 heavy (non-hydrogen) atoms. The van der Waals surface area contributed by atoms with E-state index in [1.807, 2.05) is 56.0 Å². The Hall–Kier alpha value is -4.17. The maximum atomic E-state index is 13.8. The molecule has 0 saturated carbocycles. The number of piperidine rings is 1. The summed E-state index contributed by atoms with van der Waals surface area (Å²) in [6, 6.07) is 26.4. The standard InChI is InChI=1S/C37H46N4O4/c1-37(2,3)45-36(43)38-31(24-27-17-19-29(20-18-27)28-12-6-5-7-13-28)25-34(42)40-21-10-14-30(26-40)35-39-32-15-8-9-16-33(32)41(35)22-11-23-44-4/h5-9,12-13,15-20,30-31H,10-11,14,21-26H2,1-4H3,(H,38,43)/t30-,31-/m1/s1. The molecule has 1 aliphatic heterocycles. The number of hydrogen-bond donors (Lipinski definition) is 1. The van der Waals surface area contributed by atoms with Crippen LogP contribution in [0, 0.1) is 0 Å². The molecule has 1 N–H and O–H groups in total. The monoisotopic (exact) mass is 610 g/mol. The lowest BCUT2D eigenvalue weighted by Crippen LogP contribution is -2.46. The predicted molar refractivity (Wildman–Crippen MR) is 178 cm³/mol. The summed E-state index contributed by atoms with van der Waals surface area (Å²) in [4.78, 5) is 33.7. The van der Waals surface area contributed by atoms with Gasteiger partial charge in [-0.3, -0.25) is 4.79 Å². The zero-order valence-electron chi connectivity index (χ0n) is 27.0. The average molecular weight is 611 g/mol. The second kappa shape index (κ2) is 14.7. The lowest BCUT2D eigenvalue weighted by molar-refractivity contribution is -0.132. The second-order valence-electron chi connectivity index (χ2n) is 12.9. The molecule has 0 bridgehead atoms. The molecular formula is C37H46N4O4. The molecule has 1 saturated heterocycles. The van der Waals surface area contributed by atoms with Crippen molar-refractivity contribution in [2.45, 2.75) is 77.0 Å². The highest BCUT2D eigenvalue weighted by atomic mass is 16.6. The van der Waals surface area contributed by atoms with Crippen molar-refractivity contribution >= 4 is 23.0 Å². The highest BCUT2D eigenvalue weighted by molar-refractivity contribution is 5.79. The van der Waals surface area contributed by atoms with Crippen molar-refractivity contribution in [1.82, 2.24) is 19.8 Å². The van der Waals surface area contributed by atoms with E-state index < -0.39 is 17.7 Å². The lowest BCUT2D eigenvalue weighted by atomic mass is 9.95. The molecule has 8 nitrogen and oxygen atoms in total. The first-order valence-corrected chi connectivity index (χ1v) is 16.1. The first-order chi connectivity index (χ1) is 21.7. The molecule has 0 radical (unpaired) electrons. The minimum absolute atomic E-state index is 0.0312. The fourth-order valence-corrected chi connectivity index (χ4v) is 6.16. The van der Waals surface area contributed by atoms with E-state index in [2.05, 4.69) is 58.4 Å². The summed E-state index contributed by atoms with van der Waals surface area (Å²) in [5.74, 6) is 1.20. The molecule has 2 amide bonds. The number of para-hydroxylation sites is 2. The van der Waals surface area contributed by atoms with E-state index in [1.54, 1.807) is 7.11 Å². The van der Waals surface area contributed by atoms with Crippen LogP contribution in [0.3, 0.4) is 0 Å². The van der Waals surface area contributed by atoms with Crippen LogP contribution in [0.15, 0.2) is 78.9 Å². The van der Waals surface area contributed by atoms with Gasteiger partial charge in [-0.15, -0.1) is 0 Å². The number of rotatable bonds is 11. The van der Waals surface area contributed by atoms with E-state index in [0.717, 1.165) is 59.4 Å². The molecule has 2 atom stereocenters. The first-order valence-electron chi connectivity index (χ1n) is 16.1. The second-order valence-corrected chi connectivity index (χ2v) is 12.9. The van der Waals surface area contributed by atoms with Gasteiger partial charge in [0.05, 0.1) is 11.0 Å². The van der Waals surface area contributed by atoms with Crippen molar-refractivity contribution in [3.05, 3.63) is 90.3 Å². The number of ether oxygens (including phenoxy) is 2. The smallest absolute Gasteiger partial charge is 0.407 e. The van der Waals surface area contributed by atoms with Crippen LogP contribution in [0.4, 0.5) is 4.79 Å². The van der Waals surface area contributed by atoms with Crippen LogP contribution < -0.4 is 5.32 Å². The summed E-state index contributed by atoms with van der Waals surface area (Å²) in [6.07, 6.45) is 2.97. The predicted octanol–water partition coefficient (Wildman–Crippen LogP) is 6.97. The van der Waals surface area contributed by atoms with E-state index in [1.165, 1.54) is 0 Å². The number of hydrogen-bond acceptors (Lipinski definition) is 5. The zero-order valence-corrected chi connectivity index (χ0v) is 27.0. The van der Waals surface area contributed by atoms with Gasteiger partial charge in [-0.05, 0) is 75.3 Å². The number of alkyl carbamates (subject to hydrolysis) is 1. The van der Waals surface area contributed by atoms with Crippen molar-refractivity contribution in [1.29, 1.82) is 0 Å². The summed E-state index contributed by atoms with van der Waals surface area (Å²) >= 11 is 0. The summed E-state index contributed by atoms with van der Waals surface area (Å²) in [5.41, 5.74) is 4.78. The van der Waals surface area contributed by atoms with Crippen molar-refractivity contribution in [3.63, 3.8) is 0 Å². The van der Waals surface area contributed by atoms with E-state index in [0.29, 0.717) is 26.1 Å². The van der Waals surface area contributed by atoms with Gasteiger partial charge in [0.1, 0.15) is 11.4 Å². The molecule has 0 aliphatic carbocycles. The summed E-state index contributed by atoms with van der Waals surface area (Å²) in [7, 11) is 1.72. The number of fused-ring (bicyclic) bond motifs is 1. The molecule has 8 heteroatoms. The van der Waals surface area contributed by atoms with E-state index >= 15 is 0 Å². The van der Waals surface area contributed by atoms with Gasteiger partial charge in [0.25, 0.3) is 0 Å². The van der Waals surface area contributed by atoms with Gasteiger partial charge in [0, 0.05) is 51.7 Å². The van der Waals surface area contributed by atoms with Gasteiger partial charge in [-0.2, -0.15) is 0 Å². The third-order valence-electron chi connectivity index (χ3n) is 8.24. The van der Waals surface area contributed by atoms with Gasteiger partial charge < -0.3 is 24.3 Å². The molecule has 4 aromatic rings. The largest absolute Gasteiger partial charge is 0.444 e. The normalized spacial score (nSPS) is 16.0. The van der Waals surface area contributed by atoms with Crippen molar-refractivity contribution in [2.75, 3.05) is 26.8 Å². The molecule has 1 fully saturated rings. The molecular weight excluding hydrogens is 564 g/mol. The van der Waals surface area contributed by atoms with Crippen LogP contribution in [0.1, 0.15) is 63.8 Å². The Labute approximate surface area is 266 Å². The maximum absolute atomic E-state index is 13.8. The zero-order chi connectivity index (χ0) is 31.8. The van der Waals surface area contributed by atoms with Crippen LogP contribution >= 0.6 is 0 Å². The van der Waals surface area contributed by atoms with Crippen LogP contribution in [0.2, 0.25) is 0 Å². The highest BCUT2D eigenvalue weighted by Gasteiger charge is 2.30. The summed E-state index contributed by atoms with van der Waals surface area (Å²) < 4.78 is 13.2. The molecule has 0 unspecified atom stereocenters.